The second kappa shape index (κ2) is 20.5. The smallest absolute Gasteiger partial charge is 0.305 e. The molecule has 0 aliphatic heterocycles. The molecule has 0 heterocycles. The van der Waals surface area contributed by atoms with Crippen LogP contribution in [-0.2, 0) is 23.7 Å². The highest BCUT2D eigenvalue weighted by Crippen LogP contribution is 2.69. The lowest BCUT2D eigenvalue weighted by atomic mass is 9.43. The Kier molecular flexibility index (Phi) is 17.1. The van der Waals surface area contributed by atoms with Crippen molar-refractivity contribution in [3.05, 3.63) is 0 Å². The predicted molar refractivity (Wildman–Crippen MR) is 199 cm³/mol. The van der Waals surface area contributed by atoms with E-state index >= 15 is 0 Å². The first-order chi connectivity index (χ1) is 23.7. The molecule has 49 heavy (non-hydrogen) atoms. The van der Waals surface area contributed by atoms with E-state index in [9.17, 15) is 4.79 Å². The SMILES string of the molecule is CCCCCCCCOC(=O)CCC(C)[C@H]1CC[C@H]2C3[C@H](OCCCN)C[C@@H]4C[C@H](OCCCN)CC[C@]4(C)[C@H]3C[C@H](OCCCN)[C@]12C. The van der Waals surface area contributed by atoms with Crippen molar-refractivity contribution in [1.82, 2.24) is 0 Å². The van der Waals surface area contributed by atoms with Crippen molar-refractivity contribution in [3.8, 4) is 0 Å². The fourth-order valence-corrected chi connectivity index (χ4v) is 11.3. The molecule has 8 nitrogen and oxygen atoms in total. The van der Waals surface area contributed by atoms with Gasteiger partial charge < -0.3 is 36.1 Å². The molecule has 8 heteroatoms. The fourth-order valence-electron chi connectivity index (χ4n) is 11.3. The van der Waals surface area contributed by atoms with Gasteiger partial charge in [-0.05, 0) is 138 Å². The van der Waals surface area contributed by atoms with Gasteiger partial charge in [-0.25, -0.2) is 0 Å². The standard InChI is InChI=1S/C41H77N3O5/c1-5-6-7-8-9-10-23-49-38(45)17-14-30(2)33-15-16-34-39-35(29-37(41(33,34)4)48-26-13-22-44)40(3)19-18-32(46-24-11-20-42)27-31(40)28-36(39)47-25-12-21-43/h30-37,39H,5-29,42-44H2,1-4H3/t30?,31-,32+,33+,34-,35-,36+,37-,39?,40-,41+/m0/s1. The van der Waals surface area contributed by atoms with Crippen LogP contribution in [0.1, 0.15) is 143 Å². The number of hydrogen-bond acceptors (Lipinski definition) is 8. The summed E-state index contributed by atoms with van der Waals surface area (Å²) in [6.45, 7) is 14.6. The van der Waals surface area contributed by atoms with E-state index in [2.05, 4.69) is 27.7 Å². The van der Waals surface area contributed by atoms with E-state index in [0.717, 1.165) is 84.0 Å². The Morgan fingerprint density at radius 1 is 0.755 bits per heavy atom. The lowest BCUT2D eigenvalue weighted by Crippen LogP contribution is -2.63. The first-order valence-corrected chi connectivity index (χ1v) is 20.8. The summed E-state index contributed by atoms with van der Waals surface area (Å²) in [5, 5.41) is 0. The van der Waals surface area contributed by atoms with Crippen molar-refractivity contribution in [2.24, 2.45) is 63.5 Å². The molecular weight excluding hydrogens is 614 g/mol. The number of esters is 1. The highest BCUT2D eigenvalue weighted by molar-refractivity contribution is 5.69. The third kappa shape index (κ3) is 10.2. The van der Waals surface area contributed by atoms with Gasteiger partial charge in [0.1, 0.15) is 0 Å². The van der Waals surface area contributed by atoms with Gasteiger partial charge in [-0.15, -0.1) is 0 Å². The molecule has 0 spiro atoms. The fraction of sp³-hybridized carbons (Fsp3) is 0.976. The van der Waals surface area contributed by atoms with E-state index in [1.54, 1.807) is 0 Å². The lowest BCUT2D eigenvalue weighted by Gasteiger charge is -2.65. The van der Waals surface area contributed by atoms with Crippen LogP contribution in [0.15, 0.2) is 0 Å². The van der Waals surface area contributed by atoms with Gasteiger partial charge in [0.15, 0.2) is 0 Å². The van der Waals surface area contributed by atoms with E-state index in [1.165, 1.54) is 44.9 Å². The number of fused-ring (bicyclic) bond motifs is 5. The van der Waals surface area contributed by atoms with E-state index in [1.807, 2.05) is 0 Å². The van der Waals surface area contributed by atoms with Gasteiger partial charge in [-0.3, -0.25) is 4.79 Å². The van der Waals surface area contributed by atoms with E-state index in [0.29, 0.717) is 74.3 Å². The molecule has 0 aromatic heterocycles. The van der Waals surface area contributed by atoms with Gasteiger partial charge in [0, 0.05) is 31.7 Å². The molecule has 0 aromatic carbocycles. The van der Waals surface area contributed by atoms with E-state index < -0.39 is 0 Å². The van der Waals surface area contributed by atoms with E-state index in [-0.39, 0.29) is 29.0 Å². The van der Waals surface area contributed by atoms with Crippen LogP contribution in [0.25, 0.3) is 0 Å². The first-order valence-electron chi connectivity index (χ1n) is 20.8. The zero-order valence-corrected chi connectivity index (χ0v) is 32.1. The normalized spacial score (nSPS) is 36.1. The minimum absolute atomic E-state index is 0.0261. The van der Waals surface area contributed by atoms with Crippen LogP contribution in [0.2, 0.25) is 0 Å². The molecule has 4 fully saturated rings. The molecule has 0 bridgehead atoms. The summed E-state index contributed by atoms with van der Waals surface area (Å²) in [6, 6.07) is 0. The Hall–Kier alpha value is -0.770. The zero-order valence-electron chi connectivity index (χ0n) is 32.1. The molecule has 0 aromatic rings. The summed E-state index contributed by atoms with van der Waals surface area (Å²) in [5.41, 5.74) is 18.0. The van der Waals surface area contributed by atoms with Crippen LogP contribution >= 0.6 is 0 Å². The van der Waals surface area contributed by atoms with Crippen molar-refractivity contribution < 1.29 is 23.7 Å². The predicted octanol–water partition coefficient (Wildman–Crippen LogP) is 7.39. The van der Waals surface area contributed by atoms with Crippen molar-refractivity contribution in [2.45, 2.75) is 162 Å². The average Bonchev–Trinajstić information content (AvgIpc) is 3.45. The summed E-state index contributed by atoms with van der Waals surface area (Å²) >= 11 is 0. The van der Waals surface area contributed by atoms with Crippen molar-refractivity contribution in [2.75, 3.05) is 46.1 Å². The molecule has 0 radical (unpaired) electrons. The number of carbonyl (C=O) groups excluding carboxylic acids is 1. The summed E-state index contributed by atoms with van der Waals surface area (Å²) in [4.78, 5) is 12.8. The second-order valence-corrected chi connectivity index (χ2v) is 17.0. The van der Waals surface area contributed by atoms with Gasteiger partial charge in [-0.2, -0.15) is 0 Å². The van der Waals surface area contributed by atoms with Crippen LogP contribution < -0.4 is 17.2 Å². The van der Waals surface area contributed by atoms with Gasteiger partial charge in [0.2, 0.25) is 0 Å². The molecule has 0 saturated heterocycles. The summed E-state index contributed by atoms with van der Waals surface area (Å²) in [7, 11) is 0. The zero-order chi connectivity index (χ0) is 35.3. The van der Waals surface area contributed by atoms with Crippen LogP contribution in [0.4, 0.5) is 0 Å². The third-order valence-corrected chi connectivity index (χ3v) is 14.1. The van der Waals surface area contributed by atoms with Crippen molar-refractivity contribution in [1.29, 1.82) is 0 Å². The Bertz CT molecular complexity index is 954. The van der Waals surface area contributed by atoms with Gasteiger partial charge in [0.05, 0.1) is 24.9 Å². The first kappa shape index (κ1) is 41.0. The molecule has 4 aliphatic rings. The maximum atomic E-state index is 12.8. The molecule has 4 saturated carbocycles. The molecule has 6 N–H and O–H groups in total. The Balaban J connectivity index is 1.49. The van der Waals surface area contributed by atoms with E-state index in [4.69, 9.17) is 36.1 Å². The number of unbranched alkanes of at least 4 members (excludes halogenated alkanes) is 5. The highest BCUT2D eigenvalue weighted by atomic mass is 16.5. The van der Waals surface area contributed by atoms with Gasteiger partial charge in [0.25, 0.3) is 0 Å². The molecule has 4 aliphatic carbocycles. The number of nitrogens with two attached hydrogens (primary N) is 3. The largest absolute Gasteiger partial charge is 0.466 e. The topological polar surface area (TPSA) is 132 Å². The summed E-state index contributed by atoms with van der Waals surface area (Å²) < 4.78 is 25.9. The van der Waals surface area contributed by atoms with Crippen LogP contribution in [-0.4, -0.2) is 70.3 Å². The Morgan fingerprint density at radius 3 is 2.14 bits per heavy atom. The maximum Gasteiger partial charge on any atom is 0.305 e. The van der Waals surface area contributed by atoms with Crippen molar-refractivity contribution in [3.63, 3.8) is 0 Å². The Morgan fingerprint density at radius 2 is 1.43 bits per heavy atom. The highest BCUT2D eigenvalue weighted by Gasteiger charge is 2.66. The summed E-state index contributed by atoms with van der Waals surface area (Å²) in [6.07, 6.45) is 20.2. The molecule has 286 valence electrons. The lowest BCUT2D eigenvalue weighted by molar-refractivity contribution is -0.227. The maximum absolute atomic E-state index is 12.8. The quantitative estimate of drug-likeness (QED) is 0.0747. The molecule has 4 rings (SSSR count). The van der Waals surface area contributed by atoms with Gasteiger partial charge >= 0.3 is 5.97 Å². The number of ether oxygens (including phenoxy) is 4. The Labute approximate surface area is 300 Å². The molecule has 2 unspecified atom stereocenters. The van der Waals surface area contributed by atoms with Crippen molar-refractivity contribution >= 4 is 5.97 Å². The van der Waals surface area contributed by atoms with Crippen LogP contribution in [0.3, 0.4) is 0 Å². The monoisotopic (exact) mass is 692 g/mol. The molecule has 0 amide bonds. The minimum atomic E-state index is -0.0261. The van der Waals surface area contributed by atoms with Crippen LogP contribution in [0, 0.1) is 46.3 Å². The summed E-state index contributed by atoms with van der Waals surface area (Å²) in [5.74, 6) is 3.12. The second-order valence-electron chi connectivity index (χ2n) is 17.0. The minimum Gasteiger partial charge on any atom is -0.466 e. The number of hydrogen-bond donors (Lipinski definition) is 3. The molecular formula is C41H77N3O5. The molecule has 11 atom stereocenters. The average molecular weight is 692 g/mol. The third-order valence-electron chi connectivity index (χ3n) is 14.1. The van der Waals surface area contributed by atoms with Crippen LogP contribution in [0.5, 0.6) is 0 Å². The number of carbonyl (C=O) groups is 1. The van der Waals surface area contributed by atoms with Gasteiger partial charge in [-0.1, -0.05) is 59.8 Å². The number of rotatable bonds is 23.